The zero-order valence-electron chi connectivity index (χ0n) is 40.4. The van der Waals surface area contributed by atoms with Gasteiger partial charge >= 0.3 is 0 Å². The van der Waals surface area contributed by atoms with Gasteiger partial charge in [-0.3, -0.25) is 0 Å². The number of ether oxygens (including phenoxy) is 7. The van der Waals surface area contributed by atoms with Crippen molar-refractivity contribution in [3.63, 3.8) is 0 Å². The van der Waals surface area contributed by atoms with Gasteiger partial charge in [-0.25, -0.2) is 0 Å². The Kier molecular flexibility index (Phi) is 13.9. The van der Waals surface area contributed by atoms with E-state index in [2.05, 4.69) is 41.5 Å². The molecule has 0 amide bonds. The summed E-state index contributed by atoms with van der Waals surface area (Å²) in [6.07, 6.45) is -19.8. The van der Waals surface area contributed by atoms with Crippen LogP contribution < -0.4 is 0 Å². The number of aliphatic hydroxyl groups excluding tert-OH is 11. The van der Waals surface area contributed by atoms with Gasteiger partial charge in [-0.15, -0.1) is 0 Å². The molecule has 8 fully saturated rings. The molecule has 0 aromatic carbocycles. The van der Waals surface area contributed by atoms with E-state index in [0.717, 1.165) is 32.1 Å². The van der Waals surface area contributed by atoms with Gasteiger partial charge in [0.2, 0.25) is 0 Å². The standard InChI is InChI=1S/C48H82O18/c1-20-30(52)33(55)35(57)40(60-20)64-37-32(54)25(19-49)62-42(38(37)65-41-36(58)34(56)31(53)21(2)61-41)63-28-13-14-45(7)26(43(28,3)4)12-16-46(8)27(45)17-23(50)29-22(11-15-47(29,46)9)48(10)18-24(51)39(59)44(5,6)66-48/h20-42,49-59H,11-19H2,1-10H3. The minimum atomic E-state index is -1.77. The van der Waals surface area contributed by atoms with E-state index in [1.807, 2.05) is 13.8 Å². The highest BCUT2D eigenvalue weighted by molar-refractivity contribution is 5.21. The molecule has 66 heavy (non-hydrogen) atoms. The van der Waals surface area contributed by atoms with Crippen LogP contribution in [0.5, 0.6) is 0 Å². The summed E-state index contributed by atoms with van der Waals surface area (Å²) in [7, 11) is 0. The largest absolute Gasteiger partial charge is 0.394 e. The van der Waals surface area contributed by atoms with Crippen molar-refractivity contribution in [2.45, 2.75) is 248 Å². The SMILES string of the molecule is CC1OC(OC2C(OC3CCC4(C)C(CCC5(C)C4CC(O)C4C(C6(C)CC(O)C(O)C(C)(C)O6)CCC45C)C3(C)C)OC(CO)C(O)C2OC2OC(C)C(O)C(O)C2O)C(O)C(O)C1O. The van der Waals surface area contributed by atoms with Crippen molar-refractivity contribution in [2.24, 2.45) is 45.3 Å². The highest BCUT2D eigenvalue weighted by atomic mass is 16.8. The fraction of sp³-hybridized carbons (Fsp3) is 1.00. The third-order valence-corrected chi connectivity index (χ3v) is 19.6. The Morgan fingerprint density at radius 2 is 1.11 bits per heavy atom. The molecule has 4 aliphatic carbocycles. The summed E-state index contributed by atoms with van der Waals surface area (Å²) in [6.45, 7) is 19.5. The Morgan fingerprint density at radius 3 is 1.67 bits per heavy atom. The lowest BCUT2D eigenvalue weighted by Crippen LogP contribution is -2.69. The molecule has 8 aliphatic rings. The first-order valence-electron chi connectivity index (χ1n) is 24.6. The van der Waals surface area contributed by atoms with Gasteiger partial charge in [0.05, 0.1) is 48.3 Å². The molecule has 27 unspecified atom stereocenters. The topological polar surface area (TPSA) is 287 Å². The molecule has 18 nitrogen and oxygen atoms in total. The van der Waals surface area contributed by atoms with E-state index in [9.17, 15) is 56.2 Å². The Labute approximate surface area is 388 Å². The first kappa shape index (κ1) is 51.6. The second-order valence-electron chi connectivity index (χ2n) is 24.0. The molecule has 27 atom stereocenters. The molecule has 11 N–H and O–H groups in total. The second kappa shape index (κ2) is 17.8. The predicted molar refractivity (Wildman–Crippen MR) is 232 cm³/mol. The maximum Gasteiger partial charge on any atom is 0.187 e. The van der Waals surface area contributed by atoms with Gasteiger partial charge < -0.3 is 89.3 Å². The normalized spacial score (nSPS) is 58.2. The zero-order chi connectivity index (χ0) is 48.6. The summed E-state index contributed by atoms with van der Waals surface area (Å²) in [5.41, 5.74) is -2.86. The molecule has 4 saturated carbocycles. The second-order valence-corrected chi connectivity index (χ2v) is 24.0. The van der Waals surface area contributed by atoms with Crippen LogP contribution in [-0.2, 0) is 33.2 Å². The Morgan fingerprint density at radius 1 is 0.545 bits per heavy atom. The predicted octanol–water partition coefficient (Wildman–Crippen LogP) is 0.210. The van der Waals surface area contributed by atoms with E-state index in [4.69, 9.17) is 33.2 Å². The van der Waals surface area contributed by atoms with Crippen LogP contribution >= 0.6 is 0 Å². The summed E-state index contributed by atoms with van der Waals surface area (Å²) in [5, 5.41) is 121. The van der Waals surface area contributed by atoms with Gasteiger partial charge in [-0.1, -0.05) is 34.6 Å². The molecular formula is C48H82O18. The van der Waals surface area contributed by atoms with Gasteiger partial charge in [0.25, 0.3) is 0 Å². The van der Waals surface area contributed by atoms with Crippen LogP contribution in [0.25, 0.3) is 0 Å². The summed E-state index contributed by atoms with van der Waals surface area (Å²) < 4.78 is 44.2. The van der Waals surface area contributed by atoms with Crippen LogP contribution in [0, 0.1) is 45.3 Å². The van der Waals surface area contributed by atoms with E-state index in [1.165, 1.54) is 13.8 Å². The van der Waals surface area contributed by atoms with Crippen LogP contribution in [0.2, 0.25) is 0 Å². The molecular weight excluding hydrogens is 865 g/mol. The van der Waals surface area contributed by atoms with Crippen molar-refractivity contribution in [1.82, 2.24) is 0 Å². The molecule has 382 valence electrons. The average Bonchev–Trinajstić information content (AvgIpc) is 3.63. The molecule has 0 bridgehead atoms. The van der Waals surface area contributed by atoms with Gasteiger partial charge in [-0.05, 0) is 125 Å². The Hall–Kier alpha value is -0.720. The molecule has 0 aromatic rings. The number of hydrogen-bond donors (Lipinski definition) is 11. The zero-order valence-corrected chi connectivity index (χ0v) is 40.4. The lowest BCUT2D eigenvalue weighted by Gasteiger charge is -2.71. The van der Waals surface area contributed by atoms with Crippen LogP contribution in [-0.4, -0.2) is 191 Å². The third kappa shape index (κ3) is 7.99. The average molecular weight is 947 g/mol. The minimum Gasteiger partial charge on any atom is -0.394 e. The molecule has 0 radical (unpaired) electrons. The molecule has 18 heteroatoms. The van der Waals surface area contributed by atoms with Gasteiger partial charge in [-0.2, -0.15) is 0 Å². The summed E-state index contributed by atoms with van der Waals surface area (Å²) in [5.74, 6) is 0.144. The van der Waals surface area contributed by atoms with Crippen molar-refractivity contribution >= 4 is 0 Å². The van der Waals surface area contributed by atoms with Gasteiger partial charge in [0.1, 0.15) is 67.1 Å². The number of fused-ring (bicyclic) bond motifs is 5. The maximum absolute atomic E-state index is 12.5. The fourth-order valence-corrected chi connectivity index (χ4v) is 15.8. The van der Waals surface area contributed by atoms with Crippen molar-refractivity contribution < 1.29 is 89.3 Å². The number of aliphatic hydroxyl groups is 11. The van der Waals surface area contributed by atoms with E-state index >= 15 is 0 Å². The summed E-state index contributed by atoms with van der Waals surface area (Å²) in [6, 6.07) is 0. The first-order chi connectivity index (χ1) is 30.6. The number of hydrogen-bond acceptors (Lipinski definition) is 18. The van der Waals surface area contributed by atoms with E-state index in [-0.39, 0.29) is 39.9 Å². The highest BCUT2D eigenvalue weighted by Crippen LogP contribution is 2.76. The molecule has 4 heterocycles. The molecule has 4 aliphatic heterocycles. The van der Waals surface area contributed by atoms with Crippen LogP contribution in [0.15, 0.2) is 0 Å². The first-order valence-corrected chi connectivity index (χ1v) is 24.6. The summed E-state index contributed by atoms with van der Waals surface area (Å²) in [4.78, 5) is 0. The van der Waals surface area contributed by atoms with Gasteiger partial charge in [0.15, 0.2) is 18.9 Å². The quantitative estimate of drug-likeness (QED) is 0.145. The van der Waals surface area contributed by atoms with E-state index < -0.39 is 140 Å². The van der Waals surface area contributed by atoms with Crippen LogP contribution in [0.1, 0.15) is 121 Å². The summed E-state index contributed by atoms with van der Waals surface area (Å²) >= 11 is 0. The fourth-order valence-electron chi connectivity index (χ4n) is 15.8. The molecule has 8 rings (SSSR count). The molecule has 0 spiro atoms. The van der Waals surface area contributed by atoms with Crippen molar-refractivity contribution in [3.8, 4) is 0 Å². The van der Waals surface area contributed by atoms with E-state index in [0.29, 0.717) is 19.3 Å². The molecule has 0 aromatic heterocycles. The third-order valence-electron chi connectivity index (χ3n) is 19.6. The van der Waals surface area contributed by atoms with Crippen molar-refractivity contribution in [2.75, 3.05) is 6.61 Å². The lowest BCUT2D eigenvalue weighted by molar-refractivity contribution is -0.397. The van der Waals surface area contributed by atoms with Crippen molar-refractivity contribution in [1.29, 1.82) is 0 Å². The molecule has 4 saturated heterocycles. The van der Waals surface area contributed by atoms with Gasteiger partial charge in [0, 0.05) is 6.42 Å². The number of rotatable bonds is 8. The maximum atomic E-state index is 12.5. The van der Waals surface area contributed by atoms with Crippen LogP contribution in [0.3, 0.4) is 0 Å². The van der Waals surface area contributed by atoms with Crippen LogP contribution in [0.4, 0.5) is 0 Å². The highest BCUT2D eigenvalue weighted by Gasteiger charge is 2.72. The monoisotopic (exact) mass is 947 g/mol. The minimum absolute atomic E-state index is 0.0211. The van der Waals surface area contributed by atoms with E-state index in [1.54, 1.807) is 0 Å². The van der Waals surface area contributed by atoms with Crippen molar-refractivity contribution in [3.05, 3.63) is 0 Å². The Bertz CT molecular complexity index is 1720. The smallest absolute Gasteiger partial charge is 0.187 e. The lowest BCUT2D eigenvalue weighted by atomic mass is 9.35. The Balaban J connectivity index is 1.07.